The Morgan fingerprint density at radius 2 is 1.64 bits per heavy atom. The monoisotopic (exact) mass is 851 g/mol. The van der Waals surface area contributed by atoms with Gasteiger partial charge in [0.15, 0.2) is 5.13 Å². The zero-order chi connectivity index (χ0) is 43.0. The Hall–Kier alpha value is -4.65. The number of hydrogen-bond acceptors (Lipinski definition) is 11. The third kappa shape index (κ3) is 8.67. The normalized spacial score (nSPS) is 22.9. The fourth-order valence-electron chi connectivity index (χ4n) is 8.22. The van der Waals surface area contributed by atoms with Gasteiger partial charge in [-0.3, -0.25) is 10.2 Å². The van der Waals surface area contributed by atoms with E-state index in [1.54, 1.807) is 65.2 Å². The number of fused-ring (bicyclic) bond motifs is 3. The summed E-state index contributed by atoms with van der Waals surface area (Å²) in [4.78, 5) is 44.5. The van der Waals surface area contributed by atoms with Gasteiger partial charge in [-0.05, 0) is 86.9 Å². The van der Waals surface area contributed by atoms with E-state index in [0.717, 1.165) is 18.6 Å². The minimum Gasteiger partial charge on any atom is -0.461 e. The molecular formula is C40H47F6N7O5S. The number of nitrogens with one attached hydrogen (secondary N) is 1. The van der Waals surface area contributed by atoms with E-state index in [0.29, 0.717) is 30.4 Å². The van der Waals surface area contributed by atoms with E-state index in [2.05, 4.69) is 20.3 Å². The second kappa shape index (κ2) is 15.1. The van der Waals surface area contributed by atoms with E-state index in [1.165, 1.54) is 0 Å². The minimum absolute atomic E-state index is 0.0176. The van der Waals surface area contributed by atoms with E-state index in [-0.39, 0.29) is 65.2 Å². The molecule has 320 valence electrons. The summed E-state index contributed by atoms with van der Waals surface area (Å²) in [5.74, 6) is -2.35. The zero-order valence-electron chi connectivity index (χ0n) is 34.0. The number of benzene rings is 2. The molecule has 12 nitrogen and oxygen atoms in total. The molecule has 3 aliphatic heterocycles. The summed E-state index contributed by atoms with van der Waals surface area (Å²) < 4.78 is 109. The summed E-state index contributed by atoms with van der Waals surface area (Å²) >= 11 is 0.602. The molecule has 1 N–H and O–H groups in total. The van der Waals surface area contributed by atoms with Gasteiger partial charge >= 0.3 is 24.4 Å². The number of aromatic nitrogens is 3. The highest BCUT2D eigenvalue weighted by molar-refractivity contribution is 7.22. The topological polar surface area (TPSA) is 122 Å². The summed E-state index contributed by atoms with van der Waals surface area (Å²) in [7, 11) is 0. The first-order chi connectivity index (χ1) is 27.4. The van der Waals surface area contributed by atoms with Crippen molar-refractivity contribution in [2.75, 3.05) is 43.0 Å². The number of hydrogen-bond donors (Lipinski definition) is 1. The van der Waals surface area contributed by atoms with E-state index in [9.17, 15) is 14.0 Å². The first-order valence-electron chi connectivity index (χ1n) is 19.4. The Morgan fingerprint density at radius 3 is 2.32 bits per heavy atom. The Labute approximate surface area is 341 Å². The quantitative estimate of drug-likeness (QED) is 0.188. The number of anilines is 2. The third-order valence-electron chi connectivity index (χ3n) is 10.7. The number of alkyl halides is 4. The summed E-state index contributed by atoms with van der Waals surface area (Å²) in [5.41, 5.74) is -5.44. The van der Waals surface area contributed by atoms with Crippen LogP contribution in [0, 0.1) is 11.6 Å². The Bertz CT molecular complexity index is 2300. The van der Waals surface area contributed by atoms with Crippen LogP contribution >= 0.6 is 11.3 Å². The fraction of sp³-hybridized carbons (Fsp3) is 0.575. The van der Waals surface area contributed by atoms with Gasteiger partial charge in [0.25, 0.3) is 0 Å². The van der Waals surface area contributed by atoms with Crippen LogP contribution in [0.25, 0.3) is 32.2 Å². The lowest BCUT2D eigenvalue weighted by molar-refractivity contribution is -0.137. The van der Waals surface area contributed by atoms with E-state index in [4.69, 9.17) is 14.2 Å². The average molecular weight is 852 g/mol. The average Bonchev–Trinajstić information content (AvgIpc) is 3.77. The summed E-state index contributed by atoms with van der Waals surface area (Å²) in [6, 6.07) is 1.17. The Kier molecular flexibility index (Phi) is 10.9. The predicted octanol–water partition coefficient (Wildman–Crippen LogP) is 9.34. The molecule has 4 aromatic rings. The number of amides is 2. The summed E-state index contributed by atoms with van der Waals surface area (Å²) in [6.45, 7) is 14.9. The number of thiazole rings is 1. The van der Waals surface area contributed by atoms with Crippen molar-refractivity contribution in [1.82, 2.24) is 24.8 Å². The molecule has 2 aromatic heterocycles. The third-order valence-corrected chi connectivity index (χ3v) is 11.6. The first-order valence-corrected chi connectivity index (χ1v) is 20.2. The second-order valence-corrected chi connectivity index (χ2v) is 18.6. The van der Waals surface area contributed by atoms with Crippen molar-refractivity contribution in [3.63, 3.8) is 0 Å². The molecule has 0 bridgehead atoms. The molecule has 4 atom stereocenters. The van der Waals surface area contributed by atoms with Crippen molar-refractivity contribution in [2.45, 2.75) is 116 Å². The first kappa shape index (κ1) is 42.5. The molecule has 0 unspecified atom stereocenters. The van der Waals surface area contributed by atoms with Crippen LogP contribution in [0.2, 0.25) is 0 Å². The highest BCUT2D eigenvalue weighted by Gasteiger charge is 2.49. The maximum atomic E-state index is 16.0. The molecular weight excluding hydrogens is 805 g/mol. The van der Waals surface area contributed by atoms with Gasteiger partial charge in [0, 0.05) is 60.7 Å². The highest BCUT2D eigenvalue weighted by Crippen LogP contribution is 2.46. The van der Waals surface area contributed by atoms with Gasteiger partial charge in [-0.1, -0.05) is 11.3 Å². The van der Waals surface area contributed by atoms with Gasteiger partial charge in [-0.2, -0.15) is 23.1 Å². The summed E-state index contributed by atoms with van der Waals surface area (Å²) in [6.07, 6.45) is -5.87. The second-order valence-electron chi connectivity index (χ2n) is 17.6. The molecule has 0 saturated carbocycles. The molecule has 0 spiro atoms. The van der Waals surface area contributed by atoms with Crippen LogP contribution in [0.1, 0.15) is 80.2 Å². The van der Waals surface area contributed by atoms with Gasteiger partial charge in [-0.25, -0.2) is 27.7 Å². The molecule has 19 heteroatoms. The number of nitrogens with zero attached hydrogens (tertiary/aromatic N) is 6. The fourth-order valence-corrected chi connectivity index (χ4v) is 9.09. The number of piperazine rings is 1. The van der Waals surface area contributed by atoms with Gasteiger partial charge in [0.2, 0.25) is 0 Å². The summed E-state index contributed by atoms with van der Waals surface area (Å²) in [5, 5.41) is 2.08. The van der Waals surface area contributed by atoms with Gasteiger partial charge in [0.1, 0.15) is 41.4 Å². The van der Waals surface area contributed by atoms with E-state index < -0.39 is 87.2 Å². The number of carbonyl (C=O) groups is 2. The van der Waals surface area contributed by atoms with Crippen LogP contribution in [0.15, 0.2) is 18.2 Å². The smallest absolute Gasteiger partial charge is 0.417 e. The lowest BCUT2D eigenvalue weighted by Crippen LogP contribution is -2.59. The van der Waals surface area contributed by atoms with Crippen LogP contribution in [0.3, 0.4) is 0 Å². The van der Waals surface area contributed by atoms with Gasteiger partial charge in [0.05, 0.1) is 26.8 Å². The molecule has 0 aliphatic carbocycles. The van der Waals surface area contributed by atoms with Crippen molar-refractivity contribution >= 4 is 55.6 Å². The molecule has 5 heterocycles. The van der Waals surface area contributed by atoms with Crippen LogP contribution < -0.4 is 15.0 Å². The molecule has 59 heavy (non-hydrogen) atoms. The van der Waals surface area contributed by atoms with Gasteiger partial charge in [-0.15, -0.1) is 0 Å². The van der Waals surface area contributed by atoms with Crippen LogP contribution in [-0.2, 0) is 15.7 Å². The predicted molar refractivity (Wildman–Crippen MR) is 211 cm³/mol. The highest BCUT2D eigenvalue weighted by atomic mass is 32.1. The number of rotatable bonds is 6. The molecule has 7 rings (SSSR count). The molecule has 3 saturated heterocycles. The van der Waals surface area contributed by atoms with Crippen molar-refractivity contribution in [1.29, 1.82) is 0 Å². The van der Waals surface area contributed by atoms with Crippen molar-refractivity contribution in [3.05, 3.63) is 35.4 Å². The maximum Gasteiger partial charge on any atom is 0.417 e. The Balaban J connectivity index is 1.37. The van der Waals surface area contributed by atoms with E-state index in [1.807, 2.05) is 4.90 Å². The van der Waals surface area contributed by atoms with Crippen LogP contribution in [-0.4, -0.2) is 105 Å². The van der Waals surface area contributed by atoms with Crippen molar-refractivity contribution in [3.8, 4) is 17.1 Å². The minimum atomic E-state index is -5.08. The molecule has 2 amide bonds. The largest absolute Gasteiger partial charge is 0.461 e. The van der Waals surface area contributed by atoms with Crippen LogP contribution in [0.5, 0.6) is 6.01 Å². The molecule has 3 aliphatic rings. The SMILES string of the molecule is C[C@@H]1CN(c2nc(OC[C@@]34CCCN3C[C@H](F)C4)nc3cc(-c4c(F)cc(F)c5sc(NC(=O)OC(C)(C)C)nc45)c(C(F)(F)F)cc23)[C@@H](C)CN1C(=O)OC(C)(C)C. The molecule has 2 aromatic carbocycles. The Morgan fingerprint density at radius 1 is 0.932 bits per heavy atom. The number of ether oxygens (including phenoxy) is 3. The standard InChI is InChI=1S/C40H47F6N7O5S/c1-20-17-53(36(55)58-38(6,7)8)21(2)16-52(20)32-24-12-25(40(44,45)46)23(13-28(24)47-33(49-32)56-19-39-10-9-11-51(39)18-22(41)15-39)29-26(42)14-27(43)31-30(29)48-34(59-31)50-35(54)57-37(3,4)5/h12-14,20-22H,9-11,15-19H2,1-8H3,(H,48,50,54)/t20-,21+,22+,39-/m0/s1. The molecule has 0 radical (unpaired) electrons. The van der Waals surface area contributed by atoms with E-state index >= 15 is 22.0 Å². The lowest BCUT2D eigenvalue weighted by Gasteiger charge is -2.45. The molecule has 3 fully saturated rings. The number of carbonyl (C=O) groups excluding carboxylic acids is 2. The lowest BCUT2D eigenvalue weighted by atomic mass is 9.95. The van der Waals surface area contributed by atoms with Crippen molar-refractivity contribution < 1.29 is 50.1 Å². The number of halogens is 6. The van der Waals surface area contributed by atoms with Crippen LogP contribution in [0.4, 0.5) is 46.9 Å². The van der Waals surface area contributed by atoms with Gasteiger partial charge < -0.3 is 24.0 Å². The zero-order valence-corrected chi connectivity index (χ0v) is 34.8. The maximum absolute atomic E-state index is 16.0. The van der Waals surface area contributed by atoms with Crippen molar-refractivity contribution in [2.24, 2.45) is 0 Å².